The van der Waals surface area contributed by atoms with Gasteiger partial charge in [-0.2, -0.15) is 0 Å². The van der Waals surface area contributed by atoms with Crippen molar-refractivity contribution in [2.45, 2.75) is 32.7 Å². The van der Waals surface area contributed by atoms with Crippen LogP contribution in [0.25, 0.3) is 16.6 Å². The standard InChI is InChI=1S/C23H27N3O2/c1-3-25(19-9-11-28-12-10-19)23-16(2)21(22(24)27)14-20-13-18(15-26(20)23)17-7-5-4-6-8-17/h4-8,13-15,19H,3,9-12H2,1-2H3,(H2,24,27). The van der Waals surface area contributed by atoms with Gasteiger partial charge in [0.25, 0.3) is 0 Å². The van der Waals surface area contributed by atoms with Crippen LogP contribution in [-0.2, 0) is 4.74 Å². The number of ether oxygens (including phenoxy) is 1. The van der Waals surface area contributed by atoms with Crippen molar-refractivity contribution in [3.8, 4) is 11.1 Å². The number of amides is 1. The molecule has 1 amide bonds. The van der Waals surface area contributed by atoms with Gasteiger partial charge in [0.1, 0.15) is 5.82 Å². The lowest BCUT2D eigenvalue weighted by molar-refractivity contribution is 0.0844. The van der Waals surface area contributed by atoms with Crippen LogP contribution in [-0.4, -0.2) is 36.1 Å². The molecule has 1 aliphatic heterocycles. The molecular formula is C23H27N3O2. The van der Waals surface area contributed by atoms with E-state index in [1.165, 1.54) is 0 Å². The first-order valence-electron chi connectivity index (χ1n) is 9.95. The minimum Gasteiger partial charge on any atom is -0.381 e. The van der Waals surface area contributed by atoms with E-state index in [4.69, 9.17) is 10.5 Å². The van der Waals surface area contributed by atoms with Crippen molar-refractivity contribution in [1.29, 1.82) is 0 Å². The molecule has 0 aliphatic carbocycles. The number of hydrogen-bond acceptors (Lipinski definition) is 3. The summed E-state index contributed by atoms with van der Waals surface area (Å²) in [5.41, 5.74) is 10.5. The van der Waals surface area contributed by atoms with E-state index in [2.05, 4.69) is 40.6 Å². The number of nitrogens with two attached hydrogens (primary N) is 1. The van der Waals surface area contributed by atoms with Crippen molar-refractivity contribution in [3.05, 3.63) is 59.8 Å². The first kappa shape index (κ1) is 18.6. The Balaban J connectivity index is 1.92. The molecule has 1 aromatic carbocycles. The van der Waals surface area contributed by atoms with E-state index in [9.17, 15) is 4.79 Å². The molecule has 3 aromatic rings. The zero-order valence-electron chi connectivity index (χ0n) is 16.5. The number of aromatic nitrogens is 1. The molecule has 3 heterocycles. The van der Waals surface area contributed by atoms with Gasteiger partial charge in [-0.3, -0.25) is 4.79 Å². The molecule has 5 nitrogen and oxygen atoms in total. The Labute approximate surface area is 165 Å². The van der Waals surface area contributed by atoms with Gasteiger partial charge in [-0.25, -0.2) is 0 Å². The van der Waals surface area contributed by atoms with E-state index in [0.29, 0.717) is 11.6 Å². The largest absolute Gasteiger partial charge is 0.381 e. The van der Waals surface area contributed by atoms with E-state index in [0.717, 1.165) is 60.6 Å². The second-order valence-electron chi connectivity index (χ2n) is 7.39. The molecule has 0 spiro atoms. The monoisotopic (exact) mass is 377 g/mol. The van der Waals surface area contributed by atoms with Crippen LogP contribution < -0.4 is 10.6 Å². The van der Waals surface area contributed by atoms with Crippen LogP contribution in [0.4, 0.5) is 5.82 Å². The number of carbonyl (C=O) groups excluding carboxylic acids is 1. The fraction of sp³-hybridized carbons (Fsp3) is 0.348. The quantitative estimate of drug-likeness (QED) is 0.731. The van der Waals surface area contributed by atoms with E-state index in [-0.39, 0.29) is 5.91 Å². The number of rotatable bonds is 5. The Kier molecular flexibility index (Phi) is 5.09. The highest BCUT2D eigenvalue weighted by molar-refractivity contribution is 5.97. The maximum absolute atomic E-state index is 12.2. The number of anilines is 1. The molecular weight excluding hydrogens is 350 g/mol. The highest BCUT2D eigenvalue weighted by atomic mass is 16.5. The third kappa shape index (κ3) is 3.27. The van der Waals surface area contributed by atoms with Crippen LogP contribution in [0.1, 0.15) is 35.7 Å². The normalized spacial score (nSPS) is 15.1. The molecule has 1 fully saturated rings. The van der Waals surface area contributed by atoms with Crippen LogP contribution >= 0.6 is 0 Å². The van der Waals surface area contributed by atoms with Crippen molar-refractivity contribution in [2.24, 2.45) is 5.73 Å². The fourth-order valence-corrected chi connectivity index (χ4v) is 4.31. The first-order valence-corrected chi connectivity index (χ1v) is 9.95. The van der Waals surface area contributed by atoms with Crippen LogP contribution in [0.2, 0.25) is 0 Å². The Morgan fingerprint density at radius 1 is 1.18 bits per heavy atom. The smallest absolute Gasteiger partial charge is 0.249 e. The third-order valence-corrected chi connectivity index (χ3v) is 5.73. The molecule has 4 rings (SSSR count). The number of benzene rings is 1. The number of pyridine rings is 1. The first-order chi connectivity index (χ1) is 13.6. The molecule has 0 unspecified atom stereocenters. The van der Waals surface area contributed by atoms with Crippen molar-refractivity contribution >= 4 is 17.2 Å². The van der Waals surface area contributed by atoms with Gasteiger partial charge in [-0.1, -0.05) is 30.3 Å². The summed E-state index contributed by atoms with van der Waals surface area (Å²) in [6, 6.07) is 14.7. The number of primary amides is 1. The predicted octanol–water partition coefficient (Wildman–Crippen LogP) is 4.02. The van der Waals surface area contributed by atoms with E-state index < -0.39 is 0 Å². The lowest BCUT2D eigenvalue weighted by atomic mass is 10.0. The maximum atomic E-state index is 12.2. The average molecular weight is 377 g/mol. The number of carbonyl (C=O) groups is 1. The Hall–Kier alpha value is -2.79. The van der Waals surface area contributed by atoms with Gasteiger partial charge in [-0.15, -0.1) is 0 Å². The minimum atomic E-state index is -0.383. The Morgan fingerprint density at radius 3 is 2.54 bits per heavy atom. The van der Waals surface area contributed by atoms with Gasteiger partial charge >= 0.3 is 0 Å². The molecule has 5 heteroatoms. The number of hydrogen-bond donors (Lipinski definition) is 1. The van der Waals surface area contributed by atoms with Gasteiger partial charge in [0, 0.05) is 54.2 Å². The maximum Gasteiger partial charge on any atom is 0.249 e. The highest BCUT2D eigenvalue weighted by Gasteiger charge is 2.26. The van der Waals surface area contributed by atoms with Crippen LogP contribution in [0.5, 0.6) is 0 Å². The van der Waals surface area contributed by atoms with Crippen molar-refractivity contribution in [3.63, 3.8) is 0 Å². The minimum absolute atomic E-state index is 0.383. The fourth-order valence-electron chi connectivity index (χ4n) is 4.31. The third-order valence-electron chi connectivity index (χ3n) is 5.73. The lowest BCUT2D eigenvalue weighted by Gasteiger charge is -2.37. The van der Waals surface area contributed by atoms with Crippen molar-refractivity contribution in [1.82, 2.24) is 4.40 Å². The van der Waals surface area contributed by atoms with E-state index in [1.54, 1.807) is 0 Å². The van der Waals surface area contributed by atoms with Gasteiger partial charge in [0.2, 0.25) is 5.91 Å². The van der Waals surface area contributed by atoms with Gasteiger partial charge in [-0.05, 0) is 44.4 Å². The van der Waals surface area contributed by atoms with E-state index >= 15 is 0 Å². The predicted molar refractivity (Wildman–Crippen MR) is 113 cm³/mol. The van der Waals surface area contributed by atoms with Gasteiger partial charge in [0.15, 0.2) is 0 Å². The molecule has 28 heavy (non-hydrogen) atoms. The molecule has 0 radical (unpaired) electrons. The van der Waals surface area contributed by atoms with Crippen LogP contribution in [0.15, 0.2) is 48.7 Å². The number of nitrogens with zero attached hydrogens (tertiary/aromatic N) is 2. The molecule has 1 saturated heterocycles. The van der Waals surface area contributed by atoms with Crippen LogP contribution in [0, 0.1) is 6.92 Å². The molecule has 146 valence electrons. The summed E-state index contributed by atoms with van der Waals surface area (Å²) in [4.78, 5) is 14.6. The van der Waals surface area contributed by atoms with Crippen LogP contribution in [0.3, 0.4) is 0 Å². The average Bonchev–Trinajstić information content (AvgIpc) is 3.15. The lowest BCUT2D eigenvalue weighted by Crippen LogP contribution is -2.41. The summed E-state index contributed by atoms with van der Waals surface area (Å²) >= 11 is 0. The Morgan fingerprint density at radius 2 is 1.89 bits per heavy atom. The van der Waals surface area contributed by atoms with Crippen molar-refractivity contribution in [2.75, 3.05) is 24.7 Å². The summed E-state index contributed by atoms with van der Waals surface area (Å²) < 4.78 is 7.78. The highest BCUT2D eigenvalue weighted by Crippen LogP contribution is 2.33. The summed E-state index contributed by atoms with van der Waals surface area (Å²) in [5.74, 6) is 0.676. The van der Waals surface area contributed by atoms with E-state index in [1.807, 2.05) is 31.2 Å². The second-order valence-corrected chi connectivity index (χ2v) is 7.39. The summed E-state index contributed by atoms with van der Waals surface area (Å²) in [5, 5.41) is 0. The molecule has 0 saturated carbocycles. The summed E-state index contributed by atoms with van der Waals surface area (Å²) in [7, 11) is 0. The zero-order valence-corrected chi connectivity index (χ0v) is 16.5. The Bertz CT molecular complexity index is 988. The number of fused-ring (bicyclic) bond motifs is 1. The molecule has 2 aromatic heterocycles. The SMILES string of the molecule is CCN(c1c(C)c(C(N)=O)cc2cc(-c3ccccc3)cn12)C1CCOCC1. The summed E-state index contributed by atoms with van der Waals surface area (Å²) in [6.45, 7) is 6.58. The topological polar surface area (TPSA) is 60.0 Å². The second kappa shape index (κ2) is 7.68. The molecule has 2 N–H and O–H groups in total. The zero-order chi connectivity index (χ0) is 19.7. The summed E-state index contributed by atoms with van der Waals surface area (Å²) in [6.07, 6.45) is 4.14. The van der Waals surface area contributed by atoms with Gasteiger partial charge < -0.3 is 19.8 Å². The van der Waals surface area contributed by atoms with Crippen molar-refractivity contribution < 1.29 is 9.53 Å². The molecule has 1 aliphatic rings. The molecule has 0 bridgehead atoms. The van der Waals surface area contributed by atoms with Gasteiger partial charge in [0.05, 0.1) is 0 Å². The molecule has 0 atom stereocenters.